The molecule has 0 aliphatic carbocycles. The van der Waals surface area contributed by atoms with E-state index in [1.165, 1.54) is 12.1 Å². The number of nitrogens with one attached hydrogen (secondary N) is 2. The molecule has 6 nitrogen and oxygen atoms in total. The number of halogens is 1. The Morgan fingerprint density at radius 1 is 1.11 bits per heavy atom. The molecule has 0 fully saturated rings. The summed E-state index contributed by atoms with van der Waals surface area (Å²) in [6.07, 6.45) is 2.08. The van der Waals surface area contributed by atoms with Crippen LogP contribution < -0.4 is 14.8 Å². The Hall–Kier alpha value is -2.19. The van der Waals surface area contributed by atoms with Crippen LogP contribution in [0.1, 0.15) is 31.0 Å². The molecular weight excluding hydrogens is 381 g/mol. The number of hydrogen-bond donors (Lipinski definition) is 2. The normalized spacial score (nSPS) is 11.4. The van der Waals surface area contributed by atoms with E-state index in [1.807, 2.05) is 0 Å². The molecule has 1 heterocycles. The van der Waals surface area contributed by atoms with Crippen LogP contribution in [0.3, 0.4) is 0 Å². The second-order valence-corrected chi connectivity index (χ2v) is 8.11. The Kier molecular flexibility index (Phi) is 8.66. The first-order valence-corrected chi connectivity index (χ1v) is 10.9. The first-order chi connectivity index (χ1) is 13.5. The monoisotopic (exact) mass is 409 g/mol. The summed E-state index contributed by atoms with van der Waals surface area (Å²) in [5, 5.41) is 3.23. The Balaban J connectivity index is 1.99. The lowest BCUT2D eigenvalue weighted by Gasteiger charge is -2.12. The first-order valence-electron chi connectivity index (χ1n) is 9.45. The molecule has 0 atom stereocenters. The van der Waals surface area contributed by atoms with Crippen molar-refractivity contribution >= 4 is 15.7 Å². The van der Waals surface area contributed by atoms with E-state index >= 15 is 0 Å². The van der Waals surface area contributed by atoms with Gasteiger partial charge in [0.15, 0.2) is 0 Å². The van der Waals surface area contributed by atoms with E-state index in [0.717, 1.165) is 25.1 Å². The van der Waals surface area contributed by atoms with Gasteiger partial charge in [0, 0.05) is 12.6 Å². The summed E-state index contributed by atoms with van der Waals surface area (Å²) in [6.45, 7) is 5.59. The summed E-state index contributed by atoms with van der Waals surface area (Å²) in [5.41, 5.74) is 1.84. The van der Waals surface area contributed by atoms with Crippen molar-refractivity contribution in [2.45, 2.75) is 38.0 Å². The minimum atomic E-state index is -3.73. The van der Waals surface area contributed by atoms with Gasteiger partial charge in [-0.15, -0.1) is 0 Å². The second-order valence-electron chi connectivity index (χ2n) is 6.42. The van der Waals surface area contributed by atoms with Gasteiger partial charge < -0.3 is 10.1 Å². The number of benzene rings is 1. The SMILES string of the molecule is CCCNCCOc1ccc(NS(=O)(=O)c2ccc(CCCF)cc2)c(C)n1. The maximum Gasteiger partial charge on any atom is 0.261 e. The fourth-order valence-electron chi connectivity index (χ4n) is 2.57. The topological polar surface area (TPSA) is 80.3 Å². The van der Waals surface area contributed by atoms with E-state index < -0.39 is 10.0 Å². The third kappa shape index (κ3) is 6.76. The summed E-state index contributed by atoms with van der Waals surface area (Å²) >= 11 is 0. The van der Waals surface area contributed by atoms with Crippen molar-refractivity contribution in [1.82, 2.24) is 10.3 Å². The van der Waals surface area contributed by atoms with Gasteiger partial charge in [-0.1, -0.05) is 19.1 Å². The Morgan fingerprint density at radius 2 is 1.86 bits per heavy atom. The third-order valence-corrected chi connectivity index (χ3v) is 5.47. The van der Waals surface area contributed by atoms with Gasteiger partial charge in [0.1, 0.15) is 6.61 Å². The van der Waals surface area contributed by atoms with Gasteiger partial charge in [0.05, 0.1) is 23.0 Å². The number of anilines is 1. The summed E-state index contributed by atoms with van der Waals surface area (Å²) in [6, 6.07) is 9.76. The number of alkyl halides is 1. The van der Waals surface area contributed by atoms with Crippen LogP contribution >= 0.6 is 0 Å². The van der Waals surface area contributed by atoms with E-state index in [9.17, 15) is 12.8 Å². The smallest absolute Gasteiger partial charge is 0.261 e. The molecule has 2 N–H and O–H groups in total. The highest BCUT2D eigenvalue weighted by Crippen LogP contribution is 2.21. The fraction of sp³-hybridized carbons (Fsp3) is 0.450. The lowest BCUT2D eigenvalue weighted by molar-refractivity contribution is 0.302. The lowest BCUT2D eigenvalue weighted by Crippen LogP contribution is -2.21. The Labute approximate surface area is 166 Å². The summed E-state index contributed by atoms with van der Waals surface area (Å²) in [5.74, 6) is 0.455. The highest BCUT2D eigenvalue weighted by atomic mass is 32.2. The molecule has 0 amide bonds. The van der Waals surface area contributed by atoms with Crippen molar-refractivity contribution in [3.05, 3.63) is 47.7 Å². The summed E-state index contributed by atoms with van der Waals surface area (Å²) < 4.78 is 45.6. The minimum Gasteiger partial charge on any atom is -0.476 e. The van der Waals surface area contributed by atoms with Crippen LogP contribution in [-0.4, -0.2) is 39.8 Å². The standard InChI is InChI=1S/C20H28FN3O3S/c1-3-13-22-14-15-27-20-11-10-19(16(2)23-20)24-28(25,26)18-8-6-17(7-9-18)5-4-12-21/h6-11,22,24H,3-5,12-15H2,1-2H3. The summed E-state index contributed by atoms with van der Waals surface area (Å²) in [4.78, 5) is 4.46. The van der Waals surface area contributed by atoms with E-state index in [0.29, 0.717) is 36.7 Å². The minimum absolute atomic E-state index is 0.151. The van der Waals surface area contributed by atoms with Gasteiger partial charge >= 0.3 is 0 Å². The van der Waals surface area contributed by atoms with Gasteiger partial charge in [-0.25, -0.2) is 13.4 Å². The van der Waals surface area contributed by atoms with Gasteiger partial charge in [0.2, 0.25) is 5.88 Å². The number of nitrogens with zero attached hydrogens (tertiary/aromatic N) is 1. The van der Waals surface area contributed by atoms with Crippen LogP contribution in [0.2, 0.25) is 0 Å². The Bertz CT molecular complexity index is 842. The zero-order chi connectivity index (χ0) is 20.4. The van der Waals surface area contributed by atoms with Crippen molar-refractivity contribution in [3.63, 3.8) is 0 Å². The van der Waals surface area contributed by atoms with Crippen LogP contribution in [0, 0.1) is 6.92 Å². The van der Waals surface area contributed by atoms with E-state index in [1.54, 1.807) is 31.2 Å². The van der Waals surface area contributed by atoms with E-state index in [-0.39, 0.29) is 11.6 Å². The predicted octanol–water partition coefficient (Wildman–Crippen LogP) is 3.47. The highest BCUT2D eigenvalue weighted by Gasteiger charge is 2.16. The van der Waals surface area contributed by atoms with Crippen molar-refractivity contribution in [3.8, 4) is 5.88 Å². The molecule has 0 saturated carbocycles. The van der Waals surface area contributed by atoms with Crippen LogP contribution in [0.25, 0.3) is 0 Å². The molecule has 0 aliphatic heterocycles. The molecule has 0 aliphatic rings. The van der Waals surface area contributed by atoms with Crippen molar-refractivity contribution < 1.29 is 17.5 Å². The van der Waals surface area contributed by atoms with Crippen LogP contribution in [0.4, 0.5) is 10.1 Å². The molecule has 0 unspecified atom stereocenters. The van der Waals surface area contributed by atoms with Crippen molar-refractivity contribution in [2.75, 3.05) is 31.1 Å². The third-order valence-electron chi connectivity index (χ3n) is 4.09. The first kappa shape index (κ1) is 22.1. The molecule has 0 saturated heterocycles. The van der Waals surface area contributed by atoms with Gasteiger partial charge in [-0.2, -0.15) is 0 Å². The van der Waals surface area contributed by atoms with Gasteiger partial charge in [-0.05, 0) is 56.5 Å². The molecular formula is C20H28FN3O3S. The van der Waals surface area contributed by atoms with E-state index in [4.69, 9.17) is 4.74 Å². The lowest BCUT2D eigenvalue weighted by atomic mass is 10.1. The molecule has 0 spiro atoms. The van der Waals surface area contributed by atoms with Crippen LogP contribution in [-0.2, 0) is 16.4 Å². The molecule has 1 aromatic heterocycles. The number of rotatable bonds is 12. The number of aryl methyl sites for hydroxylation is 2. The van der Waals surface area contributed by atoms with Crippen molar-refractivity contribution in [2.24, 2.45) is 0 Å². The molecule has 154 valence electrons. The zero-order valence-electron chi connectivity index (χ0n) is 16.4. The molecule has 2 aromatic rings. The van der Waals surface area contributed by atoms with Crippen LogP contribution in [0.15, 0.2) is 41.3 Å². The summed E-state index contributed by atoms with van der Waals surface area (Å²) in [7, 11) is -3.73. The van der Waals surface area contributed by atoms with Gasteiger partial charge in [-0.3, -0.25) is 9.11 Å². The predicted molar refractivity (Wildman–Crippen MR) is 109 cm³/mol. The second kappa shape index (κ2) is 11.0. The number of hydrogen-bond acceptors (Lipinski definition) is 5. The molecule has 8 heteroatoms. The molecule has 1 aromatic carbocycles. The Morgan fingerprint density at radius 3 is 2.50 bits per heavy atom. The van der Waals surface area contributed by atoms with E-state index in [2.05, 4.69) is 21.9 Å². The van der Waals surface area contributed by atoms with Crippen LogP contribution in [0.5, 0.6) is 5.88 Å². The average molecular weight is 410 g/mol. The zero-order valence-corrected chi connectivity index (χ0v) is 17.2. The molecule has 0 radical (unpaired) electrons. The maximum atomic E-state index is 12.6. The highest BCUT2D eigenvalue weighted by molar-refractivity contribution is 7.92. The fourth-order valence-corrected chi connectivity index (χ4v) is 3.68. The molecule has 0 bridgehead atoms. The molecule has 2 rings (SSSR count). The number of aromatic nitrogens is 1. The quantitative estimate of drug-likeness (QED) is 0.525. The van der Waals surface area contributed by atoms with Crippen molar-refractivity contribution in [1.29, 1.82) is 0 Å². The van der Waals surface area contributed by atoms with Gasteiger partial charge in [0.25, 0.3) is 10.0 Å². The average Bonchev–Trinajstić information content (AvgIpc) is 2.68. The number of sulfonamides is 1. The maximum absolute atomic E-state index is 12.6. The number of ether oxygens (including phenoxy) is 1. The number of pyridine rings is 1. The molecule has 28 heavy (non-hydrogen) atoms. The largest absolute Gasteiger partial charge is 0.476 e.